The van der Waals surface area contributed by atoms with E-state index in [-0.39, 0.29) is 34.7 Å². The lowest BCUT2D eigenvalue weighted by Crippen LogP contribution is -2.16. The second-order valence-electron chi connectivity index (χ2n) is 5.00. The van der Waals surface area contributed by atoms with Gasteiger partial charge in [-0.1, -0.05) is 6.07 Å². The zero-order chi connectivity index (χ0) is 18.6. The maximum absolute atomic E-state index is 12.4. The summed E-state index contributed by atoms with van der Waals surface area (Å²) in [5.41, 5.74) is 0.876. The molecule has 0 spiro atoms. The van der Waals surface area contributed by atoms with Crippen molar-refractivity contribution in [1.82, 2.24) is 9.78 Å². The average molecular weight is 419 g/mol. The summed E-state index contributed by atoms with van der Waals surface area (Å²) >= 11 is 3.01. The minimum absolute atomic E-state index is 0.0622. The second kappa shape index (κ2) is 8.01. The minimum atomic E-state index is -3.01. The van der Waals surface area contributed by atoms with Gasteiger partial charge in [-0.15, -0.1) is 0 Å². The maximum atomic E-state index is 12.4. The molecule has 2 rings (SSSR count). The smallest absolute Gasteiger partial charge is 0.404 e. The van der Waals surface area contributed by atoms with E-state index in [1.165, 1.54) is 23.0 Å². The molecule has 0 saturated carbocycles. The molecule has 1 aromatic heterocycles. The fourth-order valence-electron chi connectivity index (χ4n) is 1.99. The summed E-state index contributed by atoms with van der Waals surface area (Å²) in [5, 5.41) is 16.9. The van der Waals surface area contributed by atoms with Crippen molar-refractivity contribution >= 4 is 33.3 Å². The number of benzene rings is 1. The van der Waals surface area contributed by atoms with E-state index in [1.54, 1.807) is 13.0 Å². The first kappa shape index (κ1) is 18.8. The fraction of sp³-hybridized carbons (Fsp3) is 0.286. The van der Waals surface area contributed by atoms with E-state index in [0.29, 0.717) is 0 Å². The third-order valence-corrected chi connectivity index (χ3v) is 3.62. The van der Waals surface area contributed by atoms with Crippen LogP contribution in [0.4, 0.5) is 20.3 Å². The van der Waals surface area contributed by atoms with Gasteiger partial charge in [0.1, 0.15) is 10.2 Å². The van der Waals surface area contributed by atoms with E-state index < -0.39 is 17.4 Å². The topological polar surface area (TPSA) is 99.3 Å². The molecule has 0 aliphatic rings. The van der Waals surface area contributed by atoms with Crippen LogP contribution in [0, 0.1) is 17.0 Å². The number of halogens is 3. The van der Waals surface area contributed by atoms with E-state index in [1.807, 2.05) is 0 Å². The number of nitrogens with zero attached hydrogens (tertiary/aromatic N) is 3. The van der Waals surface area contributed by atoms with Gasteiger partial charge >= 0.3 is 12.4 Å². The Labute approximate surface area is 149 Å². The number of hydrogen-bond donors (Lipinski definition) is 1. The zero-order valence-corrected chi connectivity index (χ0v) is 14.5. The standard InChI is InChI=1S/C14H13BrF2N4O4/c1-8-2-3-11(25-14(16)17)10(6-8)18-12(22)4-5-20-7-9(15)13(19-20)21(23)24/h2-3,6-7,14H,4-5H2,1H3,(H,18,22). The number of aryl methyl sites for hydroxylation is 2. The highest BCUT2D eigenvalue weighted by Crippen LogP contribution is 2.27. The van der Waals surface area contributed by atoms with Gasteiger partial charge in [-0.25, -0.2) is 0 Å². The summed E-state index contributed by atoms with van der Waals surface area (Å²) < 4.78 is 30.6. The van der Waals surface area contributed by atoms with Gasteiger partial charge < -0.3 is 20.2 Å². The Morgan fingerprint density at radius 1 is 1.52 bits per heavy atom. The van der Waals surface area contributed by atoms with Gasteiger partial charge in [-0.2, -0.15) is 13.5 Å². The SMILES string of the molecule is Cc1ccc(OC(F)F)c(NC(=O)CCn2cc(Br)c([N+](=O)[O-])n2)c1. The molecule has 11 heteroatoms. The predicted octanol–water partition coefficient (Wildman–Crippen LogP) is 3.49. The van der Waals surface area contributed by atoms with Gasteiger partial charge in [0.15, 0.2) is 0 Å². The summed E-state index contributed by atoms with van der Waals surface area (Å²) in [7, 11) is 0. The van der Waals surface area contributed by atoms with Gasteiger partial charge in [0.2, 0.25) is 5.91 Å². The predicted molar refractivity (Wildman–Crippen MR) is 87.6 cm³/mol. The number of nitro groups is 1. The number of carbonyl (C=O) groups is 1. The van der Waals surface area contributed by atoms with Crippen molar-refractivity contribution in [2.24, 2.45) is 0 Å². The highest BCUT2D eigenvalue weighted by atomic mass is 79.9. The molecule has 25 heavy (non-hydrogen) atoms. The van der Waals surface area contributed by atoms with Crippen LogP contribution in [-0.2, 0) is 11.3 Å². The number of amides is 1. The Hall–Kier alpha value is -2.56. The molecule has 0 atom stereocenters. The van der Waals surface area contributed by atoms with E-state index in [9.17, 15) is 23.7 Å². The van der Waals surface area contributed by atoms with E-state index in [4.69, 9.17) is 0 Å². The van der Waals surface area contributed by atoms with Gasteiger partial charge in [-0.05, 0) is 45.5 Å². The molecule has 2 aromatic rings. The molecule has 0 fully saturated rings. The summed E-state index contributed by atoms with van der Waals surface area (Å²) in [4.78, 5) is 22.1. The molecular formula is C14H13BrF2N4O4. The maximum Gasteiger partial charge on any atom is 0.404 e. The molecule has 1 N–H and O–H groups in total. The Bertz CT molecular complexity index is 797. The molecule has 0 aliphatic heterocycles. The van der Waals surface area contributed by atoms with Crippen molar-refractivity contribution in [3.05, 3.63) is 44.5 Å². The third-order valence-electron chi connectivity index (χ3n) is 3.07. The molecule has 1 heterocycles. The molecule has 0 unspecified atom stereocenters. The lowest BCUT2D eigenvalue weighted by Gasteiger charge is -2.12. The van der Waals surface area contributed by atoms with Crippen LogP contribution >= 0.6 is 15.9 Å². The lowest BCUT2D eigenvalue weighted by molar-refractivity contribution is -0.390. The third kappa shape index (κ3) is 5.21. The van der Waals surface area contributed by atoms with Crippen LogP contribution < -0.4 is 10.1 Å². The molecular weight excluding hydrogens is 406 g/mol. The molecule has 1 aromatic carbocycles. The highest BCUT2D eigenvalue weighted by Gasteiger charge is 2.19. The molecule has 134 valence electrons. The van der Waals surface area contributed by atoms with E-state index in [0.717, 1.165) is 5.56 Å². The van der Waals surface area contributed by atoms with Gasteiger partial charge in [0.05, 0.1) is 23.5 Å². The number of anilines is 1. The zero-order valence-electron chi connectivity index (χ0n) is 12.9. The molecule has 0 radical (unpaired) electrons. The Balaban J connectivity index is 2.02. The number of alkyl halides is 2. The van der Waals surface area contributed by atoms with E-state index >= 15 is 0 Å². The highest BCUT2D eigenvalue weighted by molar-refractivity contribution is 9.10. The molecule has 8 nitrogen and oxygen atoms in total. The molecule has 1 amide bonds. The Morgan fingerprint density at radius 2 is 2.24 bits per heavy atom. The van der Waals surface area contributed by atoms with Gasteiger partial charge in [0, 0.05) is 6.42 Å². The van der Waals surface area contributed by atoms with Gasteiger partial charge in [0.25, 0.3) is 0 Å². The molecule has 0 saturated heterocycles. The monoisotopic (exact) mass is 418 g/mol. The van der Waals surface area contributed by atoms with Crippen LogP contribution in [0.5, 0.6) is 5.75 Å². The fourth-order valence-corrected chi connectivity index (χ4v) is 2.45. The number of aromatic nitrogens is 2. The number of ether oxygens (including phenoxy) is 1. The first-order chi connectivity index (χ1) is 11.8. The molecule has 0 aliphatic carbocycles. The number of hydrogen-bond acceptors (Lipinski definition) is 5. The largest absolute Gasteiger partial charge is 0.433 e. The normalized spacial score (nSPS) is 10.8. The summed E-state index contributed by atoms with van der Waals surface area (Å²) in [6, 6.07) is 4.42. The van der Waals surface area contributed by atoms with Crippen LogP contribution in [-0.4, -0.2) is 27.2 Å². The summed E-state index contributed by atoms with van der Waals surface area (Å²) in [6.45, 7) is -1.20. The Morgan fingerprint density at radius 3 is 2.84 bits per heavy atom. The number of nitrogens with one attached hydrogen (secondary N) is 1. The van der Waals surface area contributed by atoms with Crippen molar-refractivity contribution in [1.29, 1.82) is 0 Å². The lowest BCUT2D eigenvalue weighted by atomic mass is 10.2. The van der Waals surface area contributed by atoms with Crippen molar-refractivity contribution in [3.8, 4) is 5.75 Å². The van der Waals surface area contributed by atoms with Crippen LogP contribution in [0.15, 0.2) is 28.9 Å². The van der Waals surface area contributed by atoms with Crippen LogP contribution in [0.3, 0.4) is 0 Å². The molecule has 0 bridgehead atoms. The van der Waals surface area contributed by atoms with Crippen LogP contribution in [0.25, 0.3) is 0 Å². The average Bonchev–Trinajstić information content (AvgIpc) is 2.89. The van der Waals surface area contributed by atoms with Crippen molar-refractivity contribution < 1.29 is 23.2 Å². The first-order valence-corrected chi connectivity index (χ1v) is 7.78. The van der Waals surface area contributed by atoms with Crippen molar-refractivity contribution in [3.63, 3.8) is 0 Å². The van der Waals surface area contributed by atoms with Crippen LogP contribution in [0.2, 0.25) is 0 Å². The summed E-state index contributed by atoms with van der Waals surface area (Å²) in [5.74, 6) is -0.975. The van der Waals surface area contributed by atoms with Gasteiger partial charge in [-0.3, -0.25) is 4.79 Å². The van der Waals surface area contributed by atoms with Crippen LogP contribution in [0.1, 0.15) is 12.0 Å². The van der Waals surface area contributed by atoms with Crippen molar-refractivity contribution in [2.75, 3.05) is 5.32 Å². The number of rotatable bonds is 7. The van der Waals surface area contributed by atoms with Crippen molar-refractivity contribution in [2.45, 2.75) is 26.5 Å². The first-order valence-electron chi connectivity index (χ1n) is 6.99. The number of carbonyl (C=O) groups excluding carboxylic acids is 1. The second-order valence-corrected chi connectivity index (χ2v) is 5.85. The van der Waals surface area contributed by atoms with E-state index in [2.05, 4.69) is 31.1 Å². The Kier molecular flexibility index (Phi) is 6.02. The quantitative estimate of drug-likeness (QED) is 0.547. The summed E-state index contributed by atoms with van der Waals surface area (Å²) in [6.07, 6.45) is 1.32. The minimum Gasteiger partial charge on any atom is -0.433 e.